The molecule has 6 nitrogen and oxygen atoms in total. The first-order valence-corrected chi connectivity index (χ1v) is 8.05. The number of hydroxylamine groups is 3. The molecule has 1 saturated carbocycles. The van der Waals surface area contributed by atoms with Crippen LogP contribution in [0, 0.1) is 5.21 Å². The minimum absolute atomic E-state index is 0.304. The van der Waals surface area contributed by atoms with Crippen LogP contribution in [0.4, 0.5) is 0 Å². The molecule has 1 aromatic carbocycles. The van der Waals surface area contributed by atoms with Crippen molar-refractivity contribution in [3.63, 3.8) is 0 Å². The highest BCUT2D eigenvalue weighted by molar-refractivity contribution is 6.30. The van der Waals surface area contributed by atoms with E-state index in [1.165, 1.54) is 0 Å². The van der Waals surface area contributed by atoms with Crippen LogP contribution in [0.5, 0.6) is 0 Å². The lowest BCUT2D eigenvalue weighted by Crippen LogP contribution is -2.60. The van der Waals surface area contributed by atoms with E-state index in [0.29, 0.717) is 34.9 Å². The van der Waals surface area contributed by atoms with E-state index >= 15 is 0 Å². The number of hydrogen-bond acceptors (Lipinski definition) is 5. The zero-order valence-corrected chi connectivity index (χ0v) is 13.9. The number of rotatable bonds is 1. The molecule has 1 heterocycles. The Morgan fingerprint density at radius 1 is 1.26 bits per heavy atom. The Balaban J connectivity index is 2.22. The average Bonchev–Trinajstić information content (AvgIpc) is 2.68. The molecule has 2 aliphatic rings. The fraction of sp³-hybridized carbons (Fsp3) is 0.500. The lowest BCUT2D eigenvalue weighted by Gasteiger charge is -2.38. The summed E-state index contributed by atoms with van der Waals surface area (Å²) in [5.74, 6) is 0. The summed E-state index contributed by atoms with van der Waals surface area (Å²) in [6.45, 7) is 3.56. The van der Waals surface area contributed by atoms with Crippen LogP contribution in [0.15, 0.2) is 29.4 Å². The number of hydrogen-bond donors (Lipinski definition) is 2. The van der Waals surface area contributed by atoms with Crippen molar-refractivity contribution in [2.45, 2.75) is 50.7 Å². The minimum Gasteiger partial charge on any atom is -0.622 e. The van der Waals surface area contributed by atoms with Crippen molar-refractivity contribution in [3.05, 3.63) is 40.1 Å². The van der Waals surface area contributed by atoms with E-state index in [1.807, 2.05) is 0 Å². The Bertz CT molecular complexity index is 684. The number of halogens is 1. The van der Waals surface area contributed by atoms with Gasteiger partial charge in [-0.3, -0.25) is 0 Å². The van der Waals surface area contributed by atoms with Gasteiger partial charge in [0.1, 0.15) is 11.3 Å². The maximum absolute atomic E-state index is 13.2. The smallest absolute Gasteiger partial charge is 0.293 e. The first-order valence-electron chi connectivity index (χ1n) is 7.67. The van der Waals surface area contributed by atoms with Crippen molar-refractivity contribution in [2.24, 2.45) is 5.16 Å². The first-order chi connectivity index (χ1) is 10.9. The maximum Gasteiger partial charge on any atom is 0.293 e. The van der Waals surface area contributed by atoms with Crippen molar-refractivity contribution in [3.8, 4) is 0 Å². The second kappa shape index (κ2) is 5.47. The highest BCUT2D eigenvalue weighted by Gasteiger charge is 2.65. The second-order valence-corrected chi connectivity index (χ2v) is 7.03. The van der Waals surface area contributed by atoms with Crippen LogP contribution in [0.2, 0.25) is 5.02 Å². The zero-order valence-electron chi connectivity index (χ0n) is 13.2. The van der Waals surface area contributed by atoms with E-state index in [0.717, 1.165) is 22.6 Å². The fourth-order valence-corrected chi connectivity index (χ4v) is 3.87. The average molecular weight is 338 g/mol. The molecule has 1 aromatic rings. The topological polar surface area (TPSA) is 82.1 Å². The zero-order chi connectivity index (χ0) is 16.8. The van der Waals surface area contributed by atoms with Crippen LogP contribution in [0.3, 0.4) is 0 Å². The van der Waals surface area contributed by atoms with Gasteiger partial charge < -0.3 is 15.6 Å². The lowest BCUT2D eigenvalue weighted by atomic mass is 9.86. The van der Waals surface area contributed by atoms with Gasteiger partial charge in [0.15, 0.2) is 0 Å². The Labute approximate surface area is 139 Å². The van der Waals surface area contributed by atoms with Gasteiger partial charge in [-0.1, -0.05) is 16.8 Å². The van der Waals surface area contributed by atoms with E-state index in [-0.39, 0.29) is 0 Å². The third-order valence-corrected chi connectivity index (χ3v) is 5.14. The summed E-state index contributed by atoms with van der Waals surface area (Å²) in [5.41, 5.74) is -0.847. The monoisotopic (exact) mass is 337 g/mol. The van der Waals surface area contributed by atoms with E-state index < -0.39 is 11.2 Å². The summed E-state index contributed by atoms with van der Waals surface area (Å²) in [7, 11) is 0. The highest BCUT2D eigenvalue weighted by Crippen LogP contribution is 2.42. The van der Waals surface area contributed by atoms with Crippen molar-refractivity contribution >= 4 is 23.0 Å². The maximum atomic E-state index is 13.2. The second-order valence-electron chi connectivity index (χ2n) is 6.59. The van der Waals surface area contributed by atoms with Gasteiger partial charge in [0.2, 0.25) is 5.71 Å². The highest BCUT2D eigenvalue weighted by atomic mass is 35.5. The van der Waals surface area contributed by atoms with Crippen molar-refractivity contribution in [1.82, 2.24) is 5.06 Å². The Morgan fingerprint density at radius 3 is 2.52 bits per heavy atom. The molecular weight excluding hydrogens is 318 g/mol. The first kappa shape index (κ1) is 16.2. The Morgan fingerprint density at radius 2 is 1.91 bits per heavy atom. The van der Waals surface area contributed by atoms with Gasteiger partial charge in [-0.2, -0.15) is 4.74 Å². The SMILES string of the molecule is CC1(C)C(c2ccc(Cl)cc2)=[N+]([O-])[C@]2(CCCC/C2=N/O)N1O. The van der Waals surface area contributed by atoms with E-state index in [2.05, 4.69) is 5.16 Å². The van der Waals surface area contributed by atoms with Crippen LogP contribution < -0.4 is 0 Å². The number of oxime groups is 1. The predicted octanol–water partition coefficient (Wildman–Crippen LogP) is 3.22. The third-order valence-electron chi connectivity index (χ3n) is 4.89. The van der Waals surface area contributed by atoms with Gasteiger partial charge >= 0.3 is 0 Å². The molecule has 0 amide bonds. The molecule has 0 saturated heterocycles. The minimum atomic E-state index is -1.34. The van der Waals surface area contributed by atoms with Crippen molar-refractivity contribution in [2.75, 3.05) is 0 Å². The van der Waals surface area contributed by atoms with Crippen LogP contribution in [0.1, 0.15) is 45.1 Å². The molecule has 2 N–H and O–H groups in total. The Hall–Kier alpha value is -1.63. The summed E-state index contributed by atoms with van der Waals surface area (Å²) >= 11 is 5.93. The standard InChI is InChI=1S/C16H20ClN3O3/c1-15(2)14(11-6-8-12(17)9-7-11)19(22)16(20(15)23)10-4-3-5-13(16)18-21/h6-9,21,23H,3-5,10H2,1-2H3/b18-13-/t16-/m1/s1. The van der Waals surface area contributed by atoms with Gasteiger partial charge in [0.05, 0.1) is 0 Å². The summed E-state index contributed by atoms with van der Waals surface area (Å²) in [6.07, 6.45) is 2.50. The fourth-order valence-electron chi connectivity index (χ4n) is 3.75. The molecule has 124 valence electrons. The molecule has 1 fully saturated rings. The molecular formula is C16H20ClN3O3. The van der Waals surface area contributed by atoms with Crippen LogP contribution in [-0.2, 0) is 0 Å². The number of benzene rings is 1. The molecule has 0 unspecified atom stereocenters. The molecule has 0 bridgehead atoms. The normalized spacial score (nSPS) is 29.7. The Kier molecular flexibility index (Phi) is 3.86. The predicted molar refractivity (Wildman–Crippen MR) is 87.3 cm³/mol. The third kappa shape index (κ3) is 2.16. The van der Waals surface area contributed by atoms with Crippen molar-refractivity contribution < 1.29 is 15.2 Å². The molecule has 1 aliphatic carbocycles. The molecule has 3 rings (SSSR count). The summed E-state index contributed by atoms with van der Waals surface area (Å²) in [4.78, 5) is 0. The molecule has 0 aromatic heterocycles. The van der Waals surface area contributed by atoms with Crippen LogP contribution in [0.25, 0.3) is 0 Å². The quantitative estimate of drug-likeness (QED) is 0.357. The van der Waals surface area contributed by atoms with Crippen molar-refractivity contribution in [1.29, 1.82) is 0 Å². The van der Waals surface area contributed by atoms with Crippen LogP contribution in [-0.4, -0.2) is 42.8 Å². The van der Waals surface area contributed by atoms with Crippen LogP contribution >= 0.6 is 11.6 Å². The van der Waals surface area contributed by atoms with E-state index in [9.17, 15) is 15.6 Å². The molecule has 1 aliphatic heterocycles. The van der Waals surface area contributed by atoms with Gasteiger partial charge in [-0.25, -0.2) is 0 Å². The molecule has 7 heteroatoms. The summed E-state index contributed by atoms with van der Waals surface area (Å²) < 4.78 is 0.810. The van der Waals surface area contributed by atoms with Gasteiger partial charge in [-0.05, 0) is 57.4 Å². The van der Waals surface area contributed by atoms with E-state index in [4.69, 9.17) is 11.6 Å². The van der Waals surface area contributed by atoms with E-state index in [1.54, 1.807) is 38.1 Å². The molecule has 1 atom stereocenters. The molecule has 23 heavy (non-hydrogen) atoms. The molecule has 1 spiro atoms. The van der Waals surface area contributed by atoms with Gasteiger partial charge in [0.25, 0.3) is 5.66 Å². The summed E-state index contributed by atoms with van der Waals surface area (Å²) in [6, 6.07) is 6.94. The summed E-state index contributed by atoms with van der Waals surface area (Å²) in [5, 5.41) is 38.4. The van der Waals surface area contributed by atoms with Gasteiger partial charge in [0, 0.05) is 17.0 Å². The van der Waals surface area contributed by atoms with Gasteiger partial charge in [-0.15, -0.1) is 5.06 Å². The lowest BCUT2D eigenvalue weighted by molar-refractivity contribution is -0.568. The largest absolute Gasteiger partial charge is 0.622 e. The molecule has 0 radical (unpaired) electrons. The number of nitrogens with zero attached hydrogens (tertiary/aromatic N) is 3.